The highest BCUT2D eigenvalue weighted by atomic mass is 32.2. The summed E-state index contributed by atoms with van der Waals surface area (Å²) < 4.78 is 50.2. The zero-order chi connectivity index (χ0) is 28.8. The van der Waals surface area contributed by atoms with E-state index >= 15 is 0 Å². The van der Waals surface area contributed by atoms with Crippen LogP contribution >= 0.6 is 0 Å². The molecule has 214 valence electrons. The normalized spacial score (nSPS) is 15.8. The standard InChI is InChI=1S/C28H39N3O7S/c1-28(2,3)19-8-10-20(11-9-19)29-30-27(32)18-31(23-16-21(35-4)12-14-24(23)36-5)39(33,34)22-13-15-25(37-6)26(17-22)38-7/h12-17,19H,8-11,18H2,1-7H3,(H,30,32). The smallest absolute Gasteiger partial charge is 0.265 e. The molecule has 10 nitrogen and oxygen atoms in total. The first-order valence-electron chi connectivity index (χ1n) is 12.8. The molecular formula is C28H39N3O7S. The van der Waals surface area contributed by atoms with E-state index in [-0.39, 0.29) is 27.5 Å². The average Bonchev–Trinajstić information content (AvgIpc) is 2.93. The molecule has 1 fully saturated rings. The lowest BCUT2D eigenvalue weighted by Crippen LogP contribution is -2.40. The first-order valence-corrected chi connectivity index (χ1v) is 14.2. The Labute approximate surface area is 231 Å². The summed E-state index contributed by atoms with van der Waals surface area (Å²) in [6, 6.07) is 8.96. The van der Waals surface area contributed by atoms with Gasteiger partial charge in [0, 0.05) is 17.8 Å². The number of amides is 1. The maximum atomic E-state index is 14.0. The molecule has 0 saturated heterocycles. The van der Waals surface area contributed by atoms with Crippen molar-refractivity contribution in [2.24, 2.45) is 16.4 Å². The van der Waals surface area contributed by atoms with Crippen LogP contribution in [0.4, 0.5) is 5.69 Å². The molecule has 1 amide bonds. The average molecular weight is 562 g/mol. The minimum atomic E-state index is -4.28. The second-order valence-electron chi connectivity index (χ2n) is 10.4. The van der Waals surface area contributed by atoms with Crippen molar-refractivity contribution < 1.29 is 32.2 Å². The Hall–Kier alpha value is -3.47. The zero-order valence-electron chi connectivity index (χ0n) is 23.7. The van der Waals surface area contributed by atoms with Crippen molar-refractivity contribution in [3.05, 3.63) is 36.4 Å². The van der Waals surface area contributed by atoms with Crippen LogP contribution in [0.5, 0.6) is 23.0 Å². The molecule has 0 aromatic heterocycles. The molecule has 11 heteroatoms. The van der Waals surface area contributed by atoms with Crippen LogP contribution in [0.15, 0.2) is 46.4 Å². The summed E-state index contributed by atoms with van der Waals surface area (Å²) in [7, 11) is 1.49. The van der Waals surface area contributed by atoms with Gasteiger partial charge in [-0.25, -0.2) is 13.8 Å². The van der Waals surface area contributed by atoms with Gasteiger partial charge in [0.15, 0.2) is 11.5 Å². The lowest BCUT2D eigenvalue weighted by Gasteiger charge is -2.34. The van der Waals surface area contributed by atoms with E-state index in [2.05, 4.69) is 31.3 Å². The predicted octanol–water partition coefficient (Wildman–Crippen LogP) is 4.62. The largest absolute Gasteiger partial charge is 0.497 e. The first-order chi connectivity index (χ1) is 18.4. The minimum absolute atomic E-state index is 0.0929. The van der Waals surface area contributed by atoms with Gasteiger partial charge < -0.3 is 18.9 Å². The summed E-state index contributed by atoms with van der Waals surface area (Å²) in [5.74, 6) is 1.26. The number of anilines is 1. The number of hydrazone groups is 1. The van der Waals surface area contributed by atoms with Crippen molar-refractivity contribution in [3.63, 3.8) is 0 Å². The number of hydrogen-bond donors (Lipinski definition) is 1. The van der Waals surface area contributed by atoms with Crippen molar-refractivity contribution in [2.75, 3.05) is 39.3 Å². The molecule has 0 unspecified atom stereocenters. The van der Waals surface area contributed by atoms with Crippen molar-refractivity contribution >= 4 is 27.3 Å². The number of carbonyl (C=O) groups is 1. The Balaban J connectivity index is 1.94. The highest BCUT2D eigenvalue weighted by Crippen LogP contribution is 2.38. The molecule has 0 bridgehead atoms. The van der Waals surface area contributed by atoms with E-state index < -0.39 is 22.5 Å². The predicted molar refractivity (Wildman–Crippen MR) is 151 cm³/mol. The molecule has 0 spiro atoms. The number of ether oxygens (including phenoxy) is 4. The van der Waals surface area contributed by atoms with Gasteiger partial charge in [0.2, 0.25) is 0 Å². The molecule has 0 heterocycles. The third-order valence-corrected chi connectivity index (χ3v) is 8.77. The van der Waals surface area contributed by atoms with Gasteiger partial charge >= 0.3 is 0 Å². The van der Waals surface area contributed by atoms with Crippen LogP contribution in [-0.4, -0.2) is 55.0 Å². The third-order valence-electron chi connectivity index (χ3n) is 7.01. The minimum Gasteiger partial charge on any atom is -0.497 e. The van der Waals surface area contributed by atoms with E-state index in [1.807, 2.05) is 0 Å². The van der Waals surface area contributed by atoms with Gasteiger partial charge in [0.05, 0.1) is 39.0 Å². The Morgan fingerprint density at radius 1 is 0.923 bits per heavy atom. The summed E-state index contributed by atoms with van der Waals surface area (Å²) >= 11 is 0. The summed E-state index contributed by atoms with van der Waals surface area (Å²) in [6.07, 6.45) is 3.58. The van der Waals surface area contributed by atoms with Gasteiger partial charge in [-0.3, -0.25) is 9.10 Å². The molecular weight excluding hydrogens is 522 g/mol. The van der Waals surface area contributed by atoms with E-state index in [4.69, 9.17) is 18.9 Å². The van der Waals surface area contributed by atoms with Crippen LogP contribution in [0.3, 0.4) is 0 Å². The first kappa shape index (κ1) is 30.1. The Morgan fingerprint density at radius 2 is 1.54 bits per heavy atom. The Morgan fingerprint density at radius 3 is 2.10 bits per heavy atom. The summed E-state index contributed by atoms with van der Waals surface area (Å²) in [4.78, 5) is 13.0. The van der Waals surface area contributed by atoms with Gasteiger partial charge in [-0.2, -0.15) is 5.10 Å². The molecule has 0 radical (unpaired) electrons. The fraction of sp³-hybridized carbons (Fsp3) is 0.500. The van der Waals surface area contributed by atoms with Crippen LogP contribution in [-0.2, 0) is 14.8 Å². The monoisotopic (exact) mass is 561 g/mol. The van der Waals surface area contributed by atoms with Crippen molar-refractivity contribution in [1.29, 1.82) is 0 Å². The molecule has 0 atom stereocenters. The molecule has 1 aliphatic rings. The fourth-order valence-corrected chi connectivity index (χ4v) is 6.07. The number of benzene rings is 2. The summed E-state index contributed by atoms with van der Waals surface area (Å²) in [6.45, 7) is 6.17. The maximum Gasteiger partial charge on any atom is 0.265 e. The molecule has 39 heavy (non-hydrogen) atoms. The Kier molecular flexibility index (Phi) is 9.71. The van der Waals surface area contributed by atoms with Crippen LogP contribution in [0.25, 0.3) is 0 Å². The second kappa shape index (κ2) is 12.6. The molecule has 2 aromatic rings. The van der Waals surface area contributed by atoms with Gasteiger partial charge in [-0.05, 0) is 61.3 Å². The summed E-state index contributed by atoms with van der Waals surface area (Å²) in [5.41, 5.74) is 3.83. The molecule has 2 aromatic carbocycles. The van der Waals surface area contributed by atoms with E-state index in [0.29, 0.717) is 17.4 Å². The van der Waals surface area contributed by atoms with Gasteiger partial charge in [-0.1, -0.05) is 20.8 Å². The van der Waals surface area contributed by atoms with Crippen LogP contribution in [0.1, 0.15) is 46.5 Å². The van der Waals surface area contributed by atoms with Crippen LogP contribution in [0, 0.1) is 11.3 Å². The number of carbonyl (C=O) groups excluding carboxylic acids is 1. The third kappa shape index (κ3) is 7.14. The van der Waals surface area contributed by atoms with E-state index in [9.17, 15) is 13.2 Å². The highest BCUT2D eigenvalue weighted by Gasteiger charge is 2.32. The van der Waals surface area contributed by atoms with E-state index in [0.717, 1.165) is 35.7 Å². The van der Waals surface area contributed by atoms with E-state index in [1.54, 1.807) is 12.1 Å². The maximum absolute atomic E-state index is 14.0. The number of nitrogens with zero attached hydrogens (tertiary/aromatic N) is 2. The second-order valence-corrected chi connectivity index (χ2v) is 12.3. The number of nitrogens with one attached hydrogen (secondary N) is 1. The lowest BCUT2D eigenvalue weighted by atomic mass is 9.72. The molecule has 1 N–H and O–H groups in total. The molecule has 1 saturated carbocycles. The highest BCUT2D eigenvalue weighted by molar-refractivity contribution is 7.92. The van der Waals surface area contributed by atoms with Crippen molar-refractivity contribution in [2.45, 2.75) is 51.3 Å². The van der Waals surface area contributed by atoms with E-state index in [1.165, 1.54) is 52.7 Å². The van der Waals surface area contributed by atoms with Crippen molar-refractivity contribution in [3.8, 4) is 23.0 Å². The van der Waals surface area contributed by atoms with Crippen LogP contribution < -0.4 is 28.7 Å². The fourth-order valence-electron chi connectivity index (χ4n) is 4.63. The number of hydrogen-bond acceptors (Lipinski definition) is 8. The lowest BCUT2D eigenvalue weighted by molar-refractivity contribution is -0.119. The SMILES string of the molecule is COc1ccc(OC)c(N(CC(=O)NN=C2CCC(C(C)(C)C)CC2)S(=O)(=O)c2ccc(OC)c(OC)c2)c1. The Bertz CT molecular complexity index is 1290. The molecule has 1 aliphatic carbocycles. The molecule has 3 rings (SSSR count). The number of sulfonamides is 1. The van der Waals surface area contributed by atoms with Crippen molar-refractivity contribution in [1.82, 2.24) is 5.43 Å². The van der Waals surface area contributed by atoms with Gasteiger partial charge in [-0.15, -0.1) is 0 Å². The topological polar surface area (TPSA) is 116 Å². The number of methoxy groups -OCH3 is 4. The number of rotatable bonds is 10. The van der Waals surface area contributed by atoms with Gasteiger partial charge in [0.25, 0.3) is 15.9 Å². The molecule has 0 aliphatic heterocycles. The zero-order valence-corrected chi connectivity index (χ0v) is 24.6. The van der Waals surface area contributed by atoms with Gasteiger partial charge in [0.1, 0.15) is 18.0 Å². The van der Waals surface area contributed by atoms with Crippen LogP contribution in [0.2, 0.25) is 0 Å². The summed E-state index contributed by atoms with van der Waals surface area (Å²) in [5, 5.41) is 4.33. The quantitative estimate of drug-likeness (QED) is 0.421.